The van der Waals surface area contributed by atoms with Crippen molar-refractivity contribution >= 4 is 11.8 Å². The highest BCUT2D eigenvalue weighted by molar-refractivity contribution is 5.43. The first-order valence-corrected chi connectivity index (χ1v) is 5.45. The number of nitrogens with zero attached hydrogens (tertiary/aromatic N) is 2. The monoisotopic (exact) mass is 224 g/mol. The molecule has 5 nitrogen and oxygen atoms in total. The van der Waals surface area contributed by atoms with E-state index in [4.69, 9.17) is 0 Å². The maximum atomic E-state index is 9.32. The highest BCUT2D eigenvalue weighted by atomic mass is 16.3. The summed E-state index contributed by atoms with van der Waals surface area (Å²) < 4.78 is 0. The zero-order valence-electron chi connectivity index (χ0n) is 10.3. The van der Waals surface area contributed by atoms with Gasteiger partial charge >= 0.3 is 0 Å². The Bertz CT molecular complexity index is 350. The van der Waals surface area contributed by atoms with Gasteiger partial charge in [-0.25, -0.2) is 4.98 Å². The molecule has 1 aromatic rings. The Labute approximate surface area is 96.3 Å². The molecule has 90 valence electrons. The topological polar surface area (TPSA) is 70.1 Å². The van der Waals surface area contributed by atoms with Crippen molar-refractivity contribution in [3.63, 3.8) is 0 Å². The van der Waals surface area contributed by atoms with Crippen molar-refractivity contribution in [2.75, 3.05) is 24.3 Å². The number of nitrogens with one attached hydrogen (secondary N) is 2. The lowest BCUT2D eigenvalue weighted by Gasteiger charge is -2.28. The molecule has 5 heteroatoms. The van der Waals surface area contributed by atoms with Crippen molar-refractivity contribution in [3.05, 3.63) is 11.8 Å². The summed E-state index contributed by atoms with van der Waals surface area (Å²) in [5.41, 5.74) is 0.546. The lowest BCUT2D eigenvalue weighted by molar-refractivity contribution is 0.218. The molecule has 0 amide bonds. The molecular formula is C11H20N4O. The second-order valence-electron chi connectivity index (χ2n) is 4.17. The molecule has 0 fully saturated rings. The molecule has 0 saturated carbocycles. The van der Waals surface area contributed by atoms with Gasteiger partial charge in [0, 0.05) is 18.8 Å². The van der Waals surface area contributed by atoms with E-state index in [1.165, 1.54) is 0 Å². The van der Waals surface area contributed by atoms with Crippen molar-refractivity contribution in [1.29, 1.82) is 0 Å². The summed E-state index contributed by atoms with van der Waals surface area (Å²) in [5, 5.41) is 15.5. The number of aliphatic hydroxyl groups excluding tert-OH is 1. The lowest BCUT2D eigenvalue weighted by Crippen LogP contribution is -2.38. The number of hydrogen-bond donors (Lipinski definition) is 3. The molecule has 16 heavy (non-hydrogen) atoms. The molecule has 1 aromatic heterocycles. The van der Waals surface area contributed by atoms with Crippen molar-refractivity contribution in [2.45, 2.75) is 32.7 Å². The summed E-state index contributed by atoms with van der Waals surface area (Å²) >= 11 is 0. The number of aromatic nitrogens is 2. The Morgan fingerprint density at radius 2 is 2.12 bits per heavy atom. The van der Waals surface area contributed by atoms with Gasteiger partial charge in [-0.2, -0.15) is 4.98 Å². The molecule has 1 unspecified atom stereocenters. The molecule has 0 aliphatic rings. The molecule has 0 bridgehead atoms. The summed E-state index contributed by atoms with van der Waals surface area (Å²) in [5.74, 6) is 1.31. The van der Waals surface area contributed by atoms with E-state index >= 15 is 0 Å². The van der Waals surface area contributed by atoms with Gasteiger partial charge in [0.25, 0.3) is 0 Å². The third-order valence-corrected chi connectivity index (χ3v) is 2.64. The van der Waals surface area contributed by atoms with Crippen LogP contribution in [0.2, 0.25) is 0 Å². The molecule has 0 saturated heterocycles. The van der Waals surface area contributed by atoms with E-state index in [9.17, 15) is 5.11 Å². The molecule has 0 aromatic carbocycles. The molecular weight excluding hydrogens is 204 g/mol. The smallest absolute Gasteiger partial charge is 0.224 e. The van der Waals surface area contributed by atoms with Crippen LogP contribution in [-0.2, 0) is 0 Å². The van der Waals surface area contributed by atoms with Crippen LogP contribution in [0.25, 0.3) is 0 Å². The van der Waals surface area contributed by atoms with Gasteiger partial charge < -0.3 is 15.7 Å². The van der Waals surface area contributed by atoms with E-state index in [1.807, 2.05) is 26.8 Å². The molecule has 1 rings (SSSR count). The molecule has 3 N–H and O–H groups in total. The standard InChI is InChI=1S/C11H20N4O/c1-5-11(3,7-16)15-9-6-8(2)13-10(12-4)14-9/h6,16H,5,7H2,1-4H3,(H2,12,13,14,15). The average Bonchev–Trinajstić information content (AvgIpc) is 2.28. The van der Waals surface area contributed by atoms with E-state index in [1.54, 1.807) is 7.05 Å². The minimum atomic E-state index is -0.341. The fourth-order valence-corrected chi connectivity index (χ4v) is 1.29. The highest BCUT2D eigenvalue weighted by Crippen LogP contribution is 2.17. The van der Waals surface area contributed by atoms with Crippen LogP contribution in [0.15, 0.2) is 6.07 Å². The van der Waals surface area contributed by atoms with Crippen LogP contribution in [-0.4, -0.2) is 34.3 Å². The Hall–Kier alpha value is -1.36. The van der Waals surface area contributed by atoms with Crippen LogP contribution in [0.4, 0.5) is 11.8 Å². The van der Waals surface area contributed by atoms with Crippen molar-refractivity contribution in [2.24, 2.45) is 0 Å². The van der Waals surface area contributed by atoms with Gasteiger partial charge in [0.1, 0.15) is 5.82 Å². The van der Waals surface area contributed by atoms with Crippen molar-refractivity contribution in [1.82, 2.24) is 9.97 Å². The summed E-state index contributed by atoms with van der Waals surface area (Å²) in [7, 11) is 1.78. The quantitative estimate of drug-likeness (QED) is 0.705. The summed E-state index contributed by atoms with van der Waals surface area (Å²) in [4.78, 5) is 8.50. The Morgan fingerprint density at radius 3 is 2.62 bits per heavy atom. The Kier molecular flexibility index (Phi) is 4.06. The molecule has 0 aliphatic heterocycles. The van der Waals surface area contributed by atoms with Gasteiger partial charge in [-0.05, 0) is 20.3 Å². The maximum absolute atomic E-state index is 9.32. The SMILES string of the molecule is CCC(C)(CO)Nc1cc(C)nc(NC)n1. The van der Waals surface area contributed by atoms with Gasteiger partial charge in [0.2, 0.25) is 5.95 Å². The Balaban J connectivity index is 2.92. The third kappa shape index (κ3) is 3.06. The number of aliphatic hydroxyl groups is 1. The van der Waals surface area contributed by atoms with Crippen molar-refractivity contribution in [3.8, 4) is 0 Å². The molecule has 0 radical (unpaired) electrons. The number of rotatable bonds is 5. The fraction of sp³-hybridized carbons (Fsp3) is 0.636. The van der Waals surface area contributed by atoms with E-state index in [2.05, 4.69) is 20.6 Å². The van der Waals surface area contributed by atoms with Crippen LogP contribution in [0.3, 0.4) is 0 Å². The van der Waals surface area contributed by atoms with E-state index < -0.39 is 0 Å². The number of hydrogen-bond acceptors (Lipinski definition) is 5. The number of aryl methyl sites for hydroxylation is 1. The summed E-state index contributed by atoms with van der Waals surface area (Å²) in [6.07, 6.45) is 0.821. The van der Waals surface area contributed by atoms with Crippen LogP contribution in [0.1, 0.15) is 26.0 Å². The minimum Gasteiger partial charge on any atom is -0.394 e. The van der Waals surface area contributed by atoms with Gasteiger partial charge in [0.05, 0.1) is 12.1 Å². The van der Waals surface area contributed by atoms with Gasteiger partial charge in [-0.3, -0.25) is 0 Å². The number of anilines is 2. The highest BCUT2D eigenvalue weighted by Gasteiger charge is 2.21. The normalized spacial score (nSPS) is 14.3. The summed E-state index contributed by atoms with van der Waals surface area (Å²) in [6.45, 7) is 5.97. The predicted octanol–water partition coefficient (Wildman–Crippen LogP) is 1.40. The molecule has 1 heterocycles. The van der Waals surface area contributed by atoms with Gasteiger partial charge in [-0.1, -0.05) is 6.92 Å². The maximum Gasteiger partial charge on any atom is 0.224 e. The largest absolute Gasteiger partial charge is 0.394 e. The van der Waals surface area contributed by atoms with E-state index in [0.717, 1.165) is 17.9 Å². The first kappa shape index (κ1) is 12.7. The predicted molar refractivity (Wildman–Crippen MR) is 65.7 cm³/mol. The molecule has 0 spiro atoms. The first-order chi connectivity index (χ1) is 7.53. The molecule has 1 atom stereocenters. The van der Waals surface area contributed by atoms with Crippen LogP contribution in [0.5, 0.6) is 0 Å². The van der Waals surface area contributed by atoms with Crippen molar-refractivity contribution < 1.29 is 5.11 Å². The van der Waals surface area contributed by atoms with Crippen LogP contribution < -0.4 is 10.6 Å². The van der Waals surface area contributed by atoms with E-state index in [0.29, 0.717) is 5.95 Å². The first-order valence-electron chi connectivity index (χ1n) is 5.45. The van der Waals surface area contributed by atoms with E-state index in [-0.39, 0.29) is 12.1 Å². The Morgan fingerprint density at radius 1 is 1.44 bits per heavy atom. The zero-order chi connectivity index (χ0) is 12.2. The molecule has 0 aliphatic carbocycles. The zero-order valence-corrected chi connectivity index (χ0v) is 10.3. The summed E-state index contributed by atoms with van der Waals surface area (Å²) in [6, 6.07) is 1.87. The third-order valence-electron chi connectivity index (χ3n) is 2.64. The van der Waals surface area contributed by atoms with Gasteiger partial charge in [0.15, 0.2) is 0 Å². The van der Waals surface area contributed by atoms with Crippen LogP contribution >= 0.6 is 0 Å². The minimum absolute atomic E-state index is 0.0709. The second kappa shape index (κ2) is 5.12. The van der Waals surface area contributed by atoms with Gasteiger partial charge in [-0.15, -0.1) is 0 Å². The van der Waals surface area contributed by atoms with Crippen LogP contribution in [0, 0.1) is 6.92 Å². The second-order valence-corrected chi connectivity index (χ2v) is 4.17. The lowest BCUT2D eigenvalue weighted by atomic mass is 10.0. The average molecular weight is 224 g/mol. The fourth-order valence-electron chi connectivity index (χ4n) is 1.29.